The predicted molar refractivity (Wildman–Crippen MR) is 86.6 cm³/mol. The molecule has 2 saturated heterocycles. The van der Waals surface area contributed by atoms with E-state index in [0.717, 1.165) is 45.1 Å². The minimum atomic E-state index is -3.04. The lowest BCUT2D eigenvalue weighted by Crippen LogP contribution is -2.45. The first kappa shape index (κ1) is 17.0. The number of hydrogen-bond acceptors (Lipinski definition) is 4. The van der Waals surface area contributed by atoms with Crippen molar-refractivity contribution in [2.24, 2.45) is 5.92 Å². The molecule has 23 heavy (non-hydrogen) atoms. The van der Waals surface area contributed by atoms with Gasteiger partial charge in [0.2, 0.25) is 10.0 Å². The second-order valence-electron chi connectivity index (χ2n) is 6.81. The smallest absolute Gasteiger partial charge is 0.314 e. The number of ether oxygens (including phenoxy) is 1. The Balaban J connectivity index is 1.31. The zero-order valence-electron chi connectivity index (χ0n) is 13.5. The summed E-state index contributed by atoms with van der Waals surface area (Å²) in [7, 11) is -3.04. The summed E-state index contributed by atoms with van der Waals surface area (Å²) in [6.07, 6.45) is 5.49. The van der Waals surface area contributed by atoms with Crippen LogP contribution in [0.4, 0.5) is 4.79 Å². The number of nitrogens with zero attached hydrogens (tertiary/aromatic N) is 1. The van der Waals surface area contributed by atoms with Crippen LogP contribution in [0.25, 0.3) is 0 Å². The lowest BCUT2D eigenvalue weighted by molar-refractivity contribution is 0.111. The summed E-state index contributed by atoms with van der Waals surface area (Å²) < 4.78 is 31.4. The summed E-state index contributed by atoms with van der Waals surface area (Å²) in [4.78, 5) is 11.8. The molecule has 0 aromatic carbocycles. The van der Waals surface area contributed by atoms with E-state index < -0.39 is 10.0 Å². The molecule has 1 atom stereocenters. The van der Waals surface area contributed by atoms with Gasteiger partial charge in [-0.25, -0.2) is 17.5 Å². The molecule has 2 aliphatic heterocycles. The molecule has 0 aromatic heterocycles. The molecule has 0 bridgehead atoms. The van der Waals surface area contributed by atoms with Crippen LogP contribution in [-0.2, 0) is 14.8 Å². The van der Waals surface area contributed by atoms with E-state index in [2.05, 4.69) is 10.6 Å². The Hall–Kier alpha value is -0.860. The first-order valence-corrected chi connectivity index (χ1v) is 10.2. The van der Waals surface area contributed by atoms with Crippen LogP contribution < -0.4 is 10.6 Å². The molecule has 1 saturated carbocycles. The Morgan fingerprint density at radius 2 is 1.74 bits per heavy atom. The maximum Gasteiger partial charge on any atom is 0.314 e. The van der Waals surface area contributed by atoms with E-state index in [0.29, 0.717) is 32.1 Å². The van der Waals surface area contributed by atoms with Crippen molar-refractivity contribution in [1.82, 2.24) is 14.9 Å². The summed E-state index contributed by atoms with van der Waals surface area (Å²) in [6, 6.07) is -0.159. The summed E-state index contributed by atoms with van der Waals surface area (Å²) in [6.45, 7) is 3.13. The molecule has 3 rings (SSSR count). The van der Waals surface area contributed by atoms with E-state index in [1.54, 1.807) is 4.31 Å². The number of carbonyl (C=O) groups excluding carboxylic acids is 1. The van der Waals surface area contributed by atoms with Crippen LogP contribution in [0.3, 0.4) is 0 Å². The fourth-order valence-corrected chi connectivity index (χ4v) is 5.13. The number of rotatable bonds is 6. The van der Waals surface area contributed by atoms with Gasteiger partial charge in [-0.1, -0.05) is 0 Å². The highest BCUT2D eigenvalue weighted by Crippen LogP contribution is 2.32. The van der Waals surface area contributed by atoms with Crippen molar-refractivity contribution < 1.29 is 17.9 Å². The maximum absolute atomic E-state index is 12.2. The van der Waals surface area contributed by atoms with Gasteiger partial charge in [0, 0.05) is 32.8 Å². The third-order valence-corrected chi connectivity index (χ3v) is 7.34. The largest absolute Gasteiger partial charge is 0.376 e. The van der Waals surface area contributed by atoms with Crippen molar-refractivity contribution in [3.8, 4) is 0 Å². The average molecular weight is 345 g/mol. The summed E-state index contributed by atoms with van der Waals surface area (Å²) in [5, 5.41) is 5.61. The maximum atomic E-state index is 12.2. The third kappa shape index (κ3) is 4.58. The van der Waals surface area contributed by atoms with Crippen LogP contribution in [0.2, 0.25) is 0 Å². The van der Waals surface area contributed by atoms with Gasteiger partial charge in [-0.2, -0.15) is 0 Å². The normalized spacial score (nSPS) is 27.0. The van der Waals surface area contributed by atoms with Gasteiger partial charge in [0.25, 0.3) is 0 Å². The van der Waals surface area contributed by atoms with Crippen molar-refractivity contribution in [3.05, 3.63) is 0 Å². The number of amides is 2. The summed E-state index contributed by atoms with van der Waals surface area (Å²) in [5.41, 5.74) is 0. The Morgan fingerprint density at radius 1 is 1.04 bits per heavy atom. The molecule has 2 amide bonds. The number of piperidine rings is 1. The van der Waals surface area contributed by atoms with Crippen LogP contribution in [0, 0.1) is 5.92 Å². The Morgan fingerprint density at radius 3 is 2.35 bits per heavy atom. The molecule has 3 aliphatic rings. The lowest BCUT2D eigenvalue weighted by atomic mass is 9.98. The second-order valence-corrected chi connectivity index (χ2v) is 9.03. The van der Waals surface area contributed by atoms with Crippen molar-refractivity contribution in [1.29, 1.82) is 0 Å². The first-order valence-electron chi connectivity index (χ1n) is 8.68. The van der Waals surface area contributed by atoms with Crippen LogP contribution >= 0.6 is 0 Å². The minimum Gasteiger partial charge on any atom is -0.376 e. The van der Waals surface area contributed by atoms with Crippen LogP contribution in [-0.4, -0.2) is 62.9 Å². The molecule has 2 heterocycles. The molecule has 1 aliphatic carbocycles. The van der Waals surface area contributed by atoms with E-state index in [-0.39, 0.29) is 17.4 Å². The quantitative estimate of drug-likeness (QED) is 0.741. The molecule has 0 unspecified atom stereocenters. The molecule has 0 radical (unpaired) electrons. The number of sulfonamides is 1. The zero-order valence-corrected chi connectivity index (χ0v) is 14.3. The van der Waals surface area contributed by atoms with Crippen molar-refractivity contribution in [2.75, 3.05) is 32.8 Å². The molecule has 0 aromatic rings. The highest BCUT2D eigenvalue weighted by atomic mass is 32.2. The number of urea groups is 1. The van der Waals surface area contributed by atoms with Gasteiger partial charge >= 0.3 is 6.03 Å². The molecule has 2 N–H and O–H groups in total. The fraction of sp³-hybridized carbons (Fsp3) is 0.933. The SMILES string of the molecule is O=C(NCC1CCN(S(=O)(=O)C2CC2)CC1)NC[C@@H]1CCCO1. The number of hydrogen-bond donors (Lipinski definition) is 2. The molecule has 8 heteroatoms. The van der Waals surface area contributed by atoms with Gasteiger partial charge < -0.3 is 15.4 Å². The van der Waals surface area contributed by atoms with Crippen molar-refractivity contribution >= 4 is 16.1 Å². The highest BCUT2D eigenvalue weighted by Gasteiger charge is 2.41. The monoisotopic (exact) mass is 345 g/mol. The molecular weight excluding hydrogens is 318 g/mol. The number of nitrogens with one attached hydrogen (secondary N) is 2. The van der Waals surface area contributed by atoms with Crippen LogP contribution in [0.1, 0.15) is 38.5 Å². The topological polar surface area (TPSA) is 87.7 Å². The van der Waals surface area contributed by atoms with Gasteiger partial charge in [-0.15, -0.1) is 0 Å². The van der Waals surface area contributed by atoms with Gasteiger partial charge in [0.1, 0.15) is 0 Å². The average Bonchev–Trinajstić information content (AvgIpc) is 3.29. The van der Waals surface area contributed by atoms with E-state index in [1.165, 1.54) is 0 Å². The molecular formula is C15H27N3O4S. The minimum absolute atomic E-state index is 0.124. The van der Waals surface area contributed by atoms with Crippen molar-refractivity contribution in [2.45, 2.75) is 49.9 Å². The molecule has 3 fully saturated rings. The zero-order chi connectivity index (χ0) is 16.3. The van der Waals surface area contributed by atoms with E-state index in [4.69, 9.17) is 4.74 Å². The van der Waals surface area contributed by atoms with E-state index in [1.807, 2.05) is 0 Å². The second kappa shape index (κ2) is 7.36. The first-order chi connectivity index (χ1) is 11.1. The summed E-state index contributed by atoms with van der Waals surface area (Å²) >= 11 is 0. The Bertz CT molecular complexity index is 507. The van der Waals surface area contributed by atoms with Gasteiger partial charge in [-0.05, 0) is 44.4 Å². The lowest BCUT2D eigenvalue weighted by Gasteiger charge is -2.31. The standard InChI is InChI=1S/C15H27N3O4S/c19-15(17-11-13-2-1-9-22-13)16-10-12-5-7-18(8-6-12)23(20,21)14-3-4-14/h12-14H,1-11H2,(H2,16,17,19)/t13-/m0/s1. The van der Waals surface area contributed by atoms with Gasteiger partial charge in [-0.3, -0.25) is 0 Å². The van der Waals surface area contributed by atoms with Crippen LogP contribution in [0.5, 0.6) is 0 Å². The molecule has 0 spiro atoms. The van der Waals surface area contributed by atoms with Crippen molar-refractivity contribution in [3.63, 3.8) is 0 Å². The third-order valence-electron chi connectivity index (χ3n) is 4.94. The molecule has 7 nitrogen and oxygen atoms in total. The van der Waals surface area contributed by atoms with Crippen LogP contribution in [0.15, 0.2) is 0 Å². The highest BCUT2D eigenvalue weighted by molar-refractivity contribution is 7.90. The number of carbonyl (C=O) groups is 1. The Labute approximate surface area is 138 Å². The van der Waals surface area contributed by atoms with Gasteiger partial charge in [0.05, 0.1) is 11.4 Å². The van der Waals surface area contributed by atoms with E-state index in [9.17, 15) is 13.2 Å². The fourth-order valence-electron chi connectivity index (χ4n) is 3.26. The predicted octanol–water partition coefficient (Wildman–Crippen LogP) is 0.669. The molecule has 132 valence electrons. The van der Waals surface area contributed by atoms with Gasteiger partial charge in [0.15, 0.2) is 0 Å². The summed E-state index contributed by atoms with van der Waals surface area (Å²) in [5.74, 6) is 0.356. The Kier molecular flexibility index (Phi) is 5.43. The van der Waals surface area contributed by atoms with E-state index >= 15 is 0 Å².